The highest BCUT2D eigenvalue weighted by atomic mass is 79.9. The molecule has 0 aliphatic carbocycles. The summed E-state index contributed by atoms with van der Waals surface area (Å²) in [6.45, 7) is 2.58. The number of carbonyl (C=O) groups excluding carboxylic acids is 1. The second kappa shape index (κ2) is 3.65. The Labute approximate surface area is 90.3 Å². The number of hydrogen-bond donors (Lipinski definition) is 1. The van der Waals surface area contributed by atoms with Gasteiger partial charge in [0.1, 0.15) is 4.60 Å². The normalized spacial score (nSPS) is 15.7. The molecule has 0 atom stereocenters. The molecule has 0 saturated heterocycles. The van der Waals surface area contributed by atoms with Crippen LogP contribution in [0.2, 0.25) is 0 Å². The van der Waals surface area contributed by atoms with Gasteiger partial charge in [-0.3, -0.25) is 9.78 Å². The van der Waals surface area contributed by atoms with Crippen LogP contribution in [-0.4, -0.2) is 22.4 Å². The molecule has 14 heavy (non-hydrogen) atoms. The van der Waals surface area contributed by atoms with Crippen molar-refractivity contribution >= 4 is 21.8 Å². The topological polar surface area (TPSA) is 54.9 Å². The van der Waals surface area contributed by atoms with Crippen LogP contribution in [-0.2, 0) is 6.42 Å². The zero-order chi connectivity index (χ0) is 10.1. The van der Waals surface area contributed by atoms with Crippen LogP contribution in [0.25, 0.3) is 0 Å². The van der Waals surface area contributed by atoms with Crippen molar-refractivity contribution in [2.75, 3.05) is 6.54 Å². The molecule has 1 aromatic rings. The highest BCUT2D eigenvalue weighted by Gasteiger charge is 2.19. The molecule has 0 saturated carbocycles. The largest absolute Gasteiger partial charge is 0.351 e. The maximum atomic E-state index is 11.5. The molecule has 1 aromatic heterocycles. The van der Waals surface area contributed by atoms with E-state index in [1.54, 1.807) is 0 Å². The van der Waals surface area contributed by atoms with Crippen molar-refractivity contribution in [2.24, 2.45) is 0 Å². The van der Waals surface area contributed by atoms with Gasteiger partial charge in [0.05, 0.1) is 11.4 Å². The Morgan fingerprint density at radius 1 is 1.43 bits per heavy atom. The predicted octanol–water partition coefficient (Wildman–Crippen LogP) is 1.22. The van der Waals surface area contributed by atoms with Crippen LogP contribution >= 0.6 is 15.9 Å². The van der Waals surface area contributed by atoms with Crippen LogP contribution in [0.3, 0.4) is 0 Å². The second-order valence-corrected chi connectivity index (χ2v) is 4.01. The number of aromatic nitrogens is 2. The minimum Gasteiger partial charge on any atom is -0.351 e. The van der Waals surface area contributed by atoms with Gasteiger partial charge < -0.3 is 5.32 Å². The lowest BCUT2D eigenvalue weighted by Gasteiger charge is -2.04. The van der Waals surface area contributed by atoms with E-state index in [4.69, 9.17) is 0 Å². The van der Waals surface area contributed by atoms with Gasteiger partial charge in [0.25, 0.3) is 5.91 Å². The number of rotatable bonds is 0. The summed E-state index contributed by atoms with van der Waals surface area (Å²) in [6, 6.07) is 0. The number of fused-ring (bicyclic) bond motifs is 1. The predicted molar refractivity (Wildman–Crippen MR) is 55.1 cm³/mol. The summed E-state index contributed by atoms with van der Waals surface area (Å²) < 4.78 is 0.647. The Morgan fingerprint density at radius 2 is 2.21 bits per heavy atom. The summed E-state index contributed by atoms with van der Waals surface area (Å²) in [7, 11) is 0. The summed E-state index contributed by atoms with van der Waals surface area (Å²) >= 11 is 3.27. The molecular weight excluding hydrogens is 246 g/mol. The monoisotopic (exact) mass is 255 g/mol. The van der Waals surface area contributed by atoms with E-state index in [0.29, 0.717) is 16.8 Å². The molecule has 0 fully saturated rings. The van der Waals surface area contributed by atoms with Crippen LogP contribution in [0.5, 0.6) is 0 Å². The first-order valence-electron chi connectivity index (χ1n) is 4.49. The van der Waals surface area contributed by atoms with Gasteiger partial charge in [0.15, 0.2) is 5.69 Å². The number of aryl methyl sites for hydroxylation is 2. The molecule has 0 bridgehead atoms. The molecule has 1 aliphatic heterocycles. The van der Waals surface area contributed by atoms with Crippen molar-refractivity contribution in [3.63, 3.8) is 0 Å². The van der Waals surface area contributed by atoms with Gasteiger partial charge in [-0.15, -0.1) is 0 Å². The van der Waals surface area contributed by atoms with E-state index in [9.17, 15) is 4.79 Å². The Balaban J connectivity index is 2.54. The van der Waals surface area contributed by atoms with Crippen molar-refractivity contribution in [2.45, 2.75) is 19.8 Å². The summed E-state index contributed by atoms with van der Waals surface area (Å²) in [6.07, 6.45) is 1.74. The molecule has 5 heteroatoms. The first-order valence-corrected chi connectivity index (χ1v) is 5.29. The summed E-state index contributed by atoms with van der Waals surface area (Å²) in [4.78, 5) is 20.1. The molecule has 1 N–H and O–H groups in total. The first-order chi connectivity index (χ1) is 6.68. The van der Waals surface area contributed by atoms with Crippen LogP contribution in [0.15, 0.2) is 4.60 Å². The molecule has 4 nitrogen and oxygen atoms in total. The summed E-state index contributed by atoms with van der Waals surface area (Å²) in [5.41, 5.74) is 2.10. The zero-order valence-electron chi connectivity index (χ0n) is 7.80. The number of nitrogens with one attached hydrogen (secondary N) is 1. The third-order valence-electron chi connectivity index (χ3n) is 2.18. The second-order valence-electron chi connectivity index (χ2n) is 3.25. The van der Waals surface area contributed by atoms with E-state index >= 15 is 0 Å². The lowest BCUT2D eigenvalue weighted by molar-refractivity contribution is 0.0950. The molecule has 1 amide bonds. The van der Waals surface area contributed by atoms with E-state index in [-0.39, 0.29) is 5.91 Å². The number of nitrogens with zero attached hydrogens (tertiary/aromatic N) is 2. The number of amides is 1. The molecule has 0 radical (unpaired) electrons. The van der Waals surface area contributed by atoms with Crippen molar-refractivity contribution < 1.29 is 4.79 Å². The van der Waals surface area contributed by atoms with E-state index in [2.05, 4.69) is 31.2 Å². The fraction of sp³-hybridized carbons (Fsp3) is 0.444. The van der Waals surface area contributed by atoms with E-state index in [1.165, 1.54) is 0 Å². The summed E-state index contributed by atoms with van der Waals surface area (Å²) in [5.74, 6) is -0.120. The minimum atomic E-state index is -0.120. The Bertz CT molecular complexity index is 392. The van der Waals surface area contributed by atoms with Crippen molar-refractivity contribution in [3.8, 4) is 0 Å². The van der Waals surface area contributed by atoms with Crippen molar-refractivity contribution in [1.29, 1.82) is 0 Å². The van der Waals surface area contributed by atoms with Gasteiger partial charge in [-0.1, -0.05) is 0 Å². The standard InChI is InChI=1S/C9H10BrN3O/c1-5-8(10)13-7-6(12-5)3-2-4-11-9(7)14/h2-4H2,1H3,(H,11,14). The van der Waals surface area contributed by atoms with Crippen molar-refractivity contribution in [3.05, 3.63) is 21.7 Å². The maximum Gasteiger partial charge on any atom is 0.271 e. The third kappa shape index (κ3) is 1.64. The quantitative estimate of drug-likeness (QED) is 0.759. The average molecular weight is 256 g/mol. The van der Waals surface area contributed by atoms with Gasteiger partial charge in [0.2, 0.25) is 0 Å². The number of hydrogen-bond acceptors (Lipinski definition) is 3. The minimum absolute atomic E-state index is 0.120. The van der Waals surface area contributed by atoms with Gasteiger partial charge in [-0.25, -0.2) is 4.98 Å². The first kappa shape index (κ1) is 9.58. The Kier molecular flexibility index (Phi) is 2.50. The molecule has 74 valence electrons. The lowest BCUT2D eigenvalue weighted by Crippen LogP contribution is -2.24. The fourth-order valence-corrected chi connectivity index (χ4v) is 1.71. The third-order valence-corrected chi connectivity index (χ3v) is 2.93. The van der Waals surface area contributed by atoms with Crippen LogP contribution < -0.4 is 5.32 Å². The molecule has 2 rings (SSSR count). The Hall–Kier alpha value is -0.970. The molecule has 1 aliphatic rings. The van der Waals surface area contributed by atoms with E-state index in [0.717, 1.165) is 24.2 Å². The van der Waals surface area contributed by atoms with Crippen LogP contribution in [0.4, 0.5) is 0 Å². The molecule has 2 heterocycles. The van der Waals surface area contributed by atoms with Gasteiger partial charge in [-0.2, -0.15) is 0 Å². The SMILES string of the molecule is Cc1nc2c(nc1Br)C(=O)NCCC2. The van der Waals surface area contributed by atoms with Crippen molar-refractivity contribution in [1.82, 2.24) is 15.3 Å². The molecule has 0 spiro atoms. The smallest absolute Gasteiger partial charge is 0.271 e. The van der Waals surface area contributed by atoms with Crippen LogP contribution in [0, 0.1) is 6.92 Å². The van der Waals surface area contributed by atoms with Crippen LogP contribution in [0.1, 0.15) is 28.3 Å². The highest BCUT2D eigenvalue weighted by Crippen LogP contribution is 2.16. The van der Waals surface area contributed by atoms with E-state index < -0.39 is 0 Å². The molecular formula is C9H10BrN3O. The highest BCUT2D eigenvalue weighted by molar-refractivity contribution is 9.10. The lowest BCUT2D eigenvalue weighted by atomic mass is 10.2. The summed E-state index contributed by atoms with van der Waals surface area (Å²) in [5, 5.41) is 2.79. The van der Waals surface area contributed by atoms with E-state index in [1.807, 2.05) is 6.92 Å². The number of halogens is 1. The number of carbonyl (C=O) groups is 1. The molecule has 0 unspecified atom stereocenters. The maximum absolute atomic E-state index is 11.5. The van der Waals surface area contributed by atoms with Gasteiger partial charge >= 0.3 is 0 Å². The average Bonchev–Trinajstić information content (AvgIpc) is 2.31. The fourth-order valence-electron chi connectivity index (χ4n) is 1.44. The van der Waals surface area contributed by atoms with Gasteiger partial charge in [-0.05, 0) is 35.7 Å². The zero-order valence-corrected chi connectivity index (χ0v) is 9.39. The molecule has 0 aromatic carbocycles. The Morgan fingerprint density at radius 3 is 3.00 bits per heavy atom. The van der Waals surface area contributed by atoms with Gasteiger partial charge in [0, 0.05) is 6.54 Å².